The summed E-state index contributed by atoms with van der Waals surface area (Å²) in [5.41, 5.74) is 3.73. The number of aliphatic hydroxyl groups excluding tert-OH is 1. The first kappa shape index (κ1) is 19.6. The maximum Gasteiger partial charge on any atom is 0.194 e. The monoisotopic (exact) mass is 402 g/mol. The molecule has 4 atom stereocenters. The molecule has 6 heteroatoms. The summed E-state index contributed by atoms with van der Waals surface area (Å²) in [6.45, 7) is 5.51. The van der Waals surface area contributed by atoms with E-state index in [1.165, 1.54) is 0 Å². The van der Waals surface area contributed by atoms with Crippen molar-refractivity contribution in [2.45, 2.75) is 57.6 Å². The Morgan fingerprint density at radius 3 is 2.54 bits per heavy atom. The van der Waals surface area contributed by atoms with E-state index in [2.05, 4.69) is 0 Å². The third kappa shape index (κ3) is 3.73. The SMILES string of the molecule is Cc1ccc(C(=O)[C@@H]2O[C@H]3OC(C)(C)O[C@H]3[C@@H]2O)cc1Cc1ccc(Cl)cc1. The molecule has 0 amide bonds. The van der Waals surface area contributed by atoms with Crippen LogP contribution in [0, 0.1) is 6.92 Å². The number of hydrogen-bond donors (Lipinski definition) is 1. The van der Waals surface area contributed by atoms with Gasteiger partial charge >= 0.3 is 0 Å². The molecule has 0 aromatic heterocycles. The molecule has 2 saturated heterocycles. The molecule has 2 aliphatic rings. The Morgan fingerprint density at radius 2 is 1.86 bits per heavy atom. The number of benzene rings is 2. The van der Waals surface area contributed by atoms with Crippen LogP contribution in [0.5, 0.6) is 0 Å². The van der Waals surface area contributed by atoms with Gasteiger partial charge in [-0.1, -0.05) is 35.9 Å². The first-order valence-corrected chi connectivity index (χ1v) is 9.69. The summed E-state index contributed by atoms with van der Waals surface area (Å²) in [6.07, 6.45) is -2.79. The molecular weight excluding hydrogens is 380 g/mol. The Hall–Kier alpha value is -1.76. The molecule has 0 radical (unpaired) electrons. The van der Waals surface area contributed by atoms with E-state index in [0.717, 1.165) is 16.7 Å². The van der Waals surface area contributed by atoms with Crippen molar-refractivity contribution in [1.29, 1.82) is 0 Å². The lowest BCUT2D eigenvalue weighted by Gasteiger charge is -2.22. The summed E-state index contributed by atoms with van der Waals surface area (Å²) in [7, 11) is 0. The molecule has 2 aliphatic heterocycles. The van der Waals surface area contributed by atoms with E-state index in [4.69, 9.17) is 25.8 Å². The number of carbonyl (C=O) groups excluding carboxylic acids is 1. The molecule has 2 fully saturated rings. The Morgan fingerprint density at radius 1 is 1.14 bits per heavy atom. The van der Waals surface area contributed by atoms with Crippen LogP contribution in [0.3, 0.4) is 0 Å². The summed E-state index contributed by atoms with van der Waals surface area (Å²) in [5, 5.41) is 11.2. The number of aryl methyl sites for hydroxylation is 1. The van der Waals surface area contributed by atoms with Crippen LogP contribution in [0.4, 0.5) is 0 Å². The number of ether oxygens (including phenoxy) is 3. The fourth-order valence-corrected chi connectivity index (χ4v) is 3.84. The van der Waals surface area contributed by atoms with E-state index in [9.17, 15) is 9.90 Å². The molecular formula is C22H23ClO5. The van der Waals surface area contributed by atoms with Crippen LogP contribution in [0.25, 0.3) is 0 Å². The first-order valence-electron chi connectivity index (χ1n) is 9.31. The average Bonchev–Trinajstić information content (AvgIpc) is 3.11. The van der Waals surface area contributed by atoms with Gasteiger partial charge in [-0.15, -0.1) is 0 Å². The number of rotatable bonds is 4. The van der Waals surface area contributed by atoms with Gasteiger partial charge in [-0.05, 0) is 62.1 Å². The van der Waals surface area contributed by atoms with E-state index < -0.39 is 30.4 Å². The van der Waals surface area contributed by atoms with E-state index in [0.29, 0.717) is 17.0 Å². The van der Waals surface area contributed by atoms with E-state index in [1.807, 2.05) is 43.3 Å². The van der Waals surface area contributed by atoms with Gasteiger partial charge in [0.05, 0.1) is 0 Å². The summed E-state index contributed by atoms with van der Waals surface area (Å²) in [4.78, 5) is 13.0. The van der Waals surface area contributed by atoms with Gasteiger partial charge in [0.2, 0.25) is 0 Å². The number of Topliss-reactive ketones (excluding diaryl/α,β-unsaturated/α-hetero) is 1. The number of hydrogen-bond acceptors (Lipinski definition) is 5. The minimum Gasteiger partial charge on any atom is -0.387 e. The highest BCUT2D eigenvalue weighted by molar-refractivity contribution is 6.30. The maximum absolute atomic E-state index is 13.0. The van der Waals surface area contributed by atoms with Crippen molar-refractivity contribution in [2.75, 3.05) is 0 Å². The molecule has 5 nitrogen and oxygen atoms in total. The molecule has 1 N–H and O–H groups in total. The van der Waals surface area contributed by atoms with Crippen molar-refractivity contribution in [3.63, 3.8) is 0 Å². The Kier molecular flexibility index (Phi) is 5.06. The molecule has 2 heterocycles. The second-order valence-corrected chi connectivity index (χ2v) is 8.26. The van der Waals surface area contributed by atoms with Gasteiger partial charge < -0.3 is 19.3 Å². The number of ketones is 1. The molecule has 2 aromatic rings. The Bertz CT molecular complexity index is 892. The molecule has 2 aromatic carbocycles. The lowest BCUT2D eigenvalue weighted by molar-refractivity contribution is -0.208. The van der Waals surface area contributed by atoms with Crippen LogP contribution in [0.1, 0.15) is 40.9 Å². The fourth-order valence-electron chi connectivity index (χ4n) is 3.71. The van der Waals surface area contributed by atoms with E-state index >= 15 is 0 Å². The van der Waals surface area contributed by atoms with Gasteiger partial charge in [-0.25, -0.2) is 0 Å². The number of aliphatic hydroxyl groups is 1. The summed E-state index contributed by atoms with van der Waals surface area (Å²) < 4.78 is 17.0. The van der Waals surface area contributed by atoms with Crippen LogP contribution in [0.15, 0.2) is 42.5 Å². The van der Waals surface area contributed by atoms with Crippen molar-refractivity contribution < 1.29 is 24.1 Å². The van der Waals surface area contributed by atoms with Gasteiger partial charge in [0, 0.05) is 10.6 Å². The molecule has 0 bridgehead atoms. The third-order valence-electron chi connectivity index (χ3n) is 5.22. The zero-order valence-electron chi connectivity index (χ0n) is 16.0. The van der Waals surface area contributed by atoms with E-state index in [-0.39, 0.29) is 5.78 Å². The van der Waals surface area contributed by atoms with Gasteiger partial charge in [0.25, 0.3) is 0 Å². The Labute approximate surface area is 169 Å². The van der Waals surface area contributed by atoms with Crippen molar-refractivity contribution in [1.82, 2.24) is 0 Å². The highest BCUT2D eigenvalue weighted by Crippen LogP contribution is 2.38. The number of carbonyl (C=O) groups is 1. The van der Waals surface area contributed by atoms with E-state index in [1.54, 1.807) is 19.9 Å². The maximum atomic E-state index is 13.0. The van der Waals surface area contributed by atoms with Crippen molar-refractivity contribution in [3.8, 4) is 0 Å². The van der Waals surface area contributed by atoms with Crippen molar-refractivity contribution in [2.24, 2.45) is 0 Å². The molecule has 0 saturated carbocycles. The highest BCUT2D eigenvalue weighted by atomic mass is 35.5. The average molecular weight is 403 g/mol. The fraction of sp³-hybridized carbons (Fsp3) is 0.409. The molecule has 0 aliphatic carbocycles. The summed E-state index contributed by atoms with van der Waals surface area (Å²) in [6, 6.07) is 13.2. The molecule has 148 valence electrons. The zero-order chi connectivity index (χ0) is 20.1. The lowest BCUT2D eigenvalue weighted by Crippen LogP contribution is -2.38. The first-order chi connectivity index (χ1) is 13.2. The zero-order valence-corrected chi connectivity index (χ0v) is 16.8. The van der Waals surface area contributed by atoms with Crippen molar-refractivity contribution >= 4 is 17.4 Å². The van der Waals surface area contributed by atoms with Crippen LogP contribution in [0.2, 0.25) is 5.02 Å². The lowest BCUT2D eigenvalue weighted by atomic mass is 9.94. The second-order valence-electron chi connectivity index (χ2n) is 7.82. The molecule has 4 rings (SSSR count). The minimum absolute atomic E-state index is 0.274. The van der Waals surface area contributed by atoms with Crippen LogP contribution < -0.4 is 0 Å². The predicted molar refractivity (Wildman–Crippen MR) is 104 cm³/mol. The van der Waals surface area contributed by atoms with Crippen LogP contribution in [-0.4, -0.2) is 41.3 Å². The van der Waals surface area contributed by atoms with Gasteiger partial charge in [-0.2, -0.15) is 0 Å². The van der Waals surface area contributed by atoms with Gasteiger partial charge in [0.15, 0.2) is 24.0 Å². The highest BCUT2D eigenvalue weighted by Gasteiger charge is 2.56. The van der Waals surface area contributed by atoms with Crippen LogP contribution in [-0.2, 0) is 20.6 Å². The van der Waals surface area contributed by atoms with Crippen molar-refractivity contribution in [3.05, 3.63) is 69.7 Å². The topological polar surface area (TPSA) is 65.0 Å². The smallest absolute Gasteiger partial charge is 0.194 e. The second kappa shape index (κ2) is 7.25. The predicted octanol–water partition coefficient (Wildman–Crippen LogP) is 3.66. The molecule has 0 unspecified atom stereocenters. The summed E-state index contributed by atoms with van der Waals surface area (Å²) >= 11 is 5.95. The molecule has 0 spiro atoms. The Balaban J connectivity index is 1.53. The normalized spacial score (nSPS) is 28.3. The number of halogens is 1. The minimum atomic E-state index is -1.07. The third-order valence-corrected chi connectivity index (χ3v) is 5.47. The molecule has 28 heavy (non-hydrogen) atoms. The van der Waals surface area contributed by atoms with Gasteiger partial charge in [-0.3, -0.25) is 4.79 Å². The standard InChI is InChI=1S/C22H23ClO5/c1-12-4-7-14(11-15(12)10-13-5-8-16(23)9-6-13)17(24)19-18(25)20-21(26-19)28-22(2,3)27-20/h4-9,11,18-21,25H,10H2,1-3H3/t18-,19+,20+,21+/m1/s1. The van der Waals surface area contributed by atoms with Gasteiger partial charge in [0.1, 0.15) is 12.2 Å². The summed E-state index contributed by atoms with van der Waals surface area (Å²) in [5.74, 6) is -1.11. The quantitative estimate of drug-likeness (QED) is 0.790. The number of fused-ring (bicyclic) bond motifs is 1. The van der Waals surface area contributed by atoms with Crippen LogP contribution >= 0.6 is 11.6 Å². The largest absolute Gasteiger partial charge is 0.387 e.